The van der Waals surface area contributed by atoms with Crippen LogP contribution in [0.2, 0.25) is 0 Å². The maximum Gasteiger partial charge on any atom is 0.244 e. The minimum Gasteiger partial charge on any atom is -0.496 e. The molecule has 0 aliphatic carbocycles. The number of ether oxygens (including phenoxy) is 1. The number of hydrogen-bond acceptors (Lipinski definition) is 7. The molecule has 0 aliphatic rings. The van der Waals surface area contributed by atoms with Crippen molar-refractivity contribution in [3.63, 3.8) is 0 Å². The van der Waals surface area contributed by atoms with E-state index in [4.69, 9.17) is 4.74 Å². The Bertz CT molecular complexity index is 866. The van der Waals surface area contributed by atoms with Crippen LogP contribution >= 0.6 is 0 Å². The molecule has 1 heterocycles. The third-order valence-corrected chi connectivity index (χ3v) is 4.08. The summed E-state index contributed by atoms with van der Waals surface area (Å²) in [6.45, 7) is 0.684. The first-order valence-corrected chi connectivity index (χ1v) is 8.75. The summed E-state index contributed by atoms with van der Waals surface area (Å²) in [6.07, 6.45) is 2.41. The average molecular weight is 364 g/mol. The molecule has 1 aromatic heterocycles. The minimum atomic E-state index is 0.486. The van der Waals surface area contributed by atoms with Gasteiger partial charge in [0.1, 0.15) is 5.75 Å². The van der Waals surface area contributed by atoms with Gasteiger partial charge in [0.2, 0.25) is 5.95 Å². The number of anilines is 4. The first-order chi connectivity index (χ1) is 13.2. The van der Waals surface area contributed by atoms with Gasteiger partial charge in [-0.2, -0.15) is 10.1 Å². The summed E-state index contributed by atoms with van der Waals surface area (Å²) in [5, 5.41) is 14.5. The molecule has 0 saturated heterocycles. The summed E-state index contributed by atoms with van der Waals surface area (Å²) in [6, 6.07) is 16.1. The van der Waals surface area contributed by atoms with E-state index in [0.717, 1.165) is 29.1 Å². The van der Waals surface area contributed by atoms with Gasteiger partial charge in [-0.25, -0.2) is 0 Å². The molecule has 3 aromatic rings. The second-order valence-electron chi connectivity index (χ2n) is 6.22. The summed E-state index contributed by atoms with van der Waals surface area (Å²) in [5.74, 6) is 2.01. The van der Waals surface area contributed by atoms with Crippen LogP contribution in [0.3, 0.4) is 0 Å². The molecule has 2 aromatic carbocycles. The van der Waals surface area contributed by atoms with Crippen LogP contribution < -0.4 is 20.3 Å². The van der Waals surface area contributed by atoms with Gasteiger partial charge in [-0.1, -0.05) is 18.2 Å². The summed E-state index contributed by atoms with van der Waals surface area (Å²) in [7, 11) is 5.71. The molecule has 7 nitrogen and oxygen atoms in total. The molecular weight excluding hydrogens is 340 g/mol. The third kappa shape index (κ3) is 5.07. The van der Waals surface area contributed by atoms with Crippen molar-refractivity contribution in [1.82, 2.24) is 15.2 Å². The van der Waals surface area contributed by atoms with E-state index in [1.54, 1.807) is 13.3 Å². The topological polar surface area (TPSA) is 75.2 Å². The highest BCUT2D eigenvalue weighted by Gasteiger charge is 2.04. The second kappa shape index (κ2) is 8.84. The number of aromatic nitrogens is 3. The van der Waals surface area contributed by atoms with Crippen molar-refractivity contribution in [3.05, 3.63) is 60.3 Å². The smallest absolute Gasteiger partial charge is 0.244 e. The Labute approximate surface area is 159 Å². The molecule has 0 fully saturated rings. The molecule has 0 aliphatic heterocycles. The predicted molar refractivity (Wildman–Crippen MR) is 109 cm³/mol. The van der Waals surface area contributed by atoms with Gasteiger partial charge in [0.15, 0.2) is 5.82 Å². The molecule has 0 radical (unpaired) electrons. The SMILES string of the molecule is COc1ccccc1CCNc1nncc(Nc2ccc(N(C)C)cc2)n1. The number of para-hydroxylation sites is 1. The largest absolute Gasteiger partial charge is 0.496 e. The third-order valence-electron chi connectivity index (χ3n) is 4.08. The fourth-order valence-corrected chi connectivity index (χ4v) is 2.65. The van der Waals surface area contributed by atoms with Gasteiger partial charge < -0.3 is 20.3 Å². The van der Waals surface area contributed by atoms with Crippen LogP contribution in [-0.2, 0) is 6.42 Å². The van der Waals surface area contributed by atoms with Gasteiger partial charge in [0.25, 0.3) is 0 Å². The van der Waals surface area contributed by atoms with Gasteiger partial charge in [-0.15, -0.1) is 5.10 Å². The summed E-state index contributed by atoms with van der Waals surface area (Å²) in [5.41, 5.74) is 3.22. The molecule has 2 N–H and O–H groups in total. The Morgan fingerprint density at radius 1 is 1.04 bits per heavy atom. The monoisotopic (exact) mass is 364 g/mol. The van der Waals surface area contributed by atoms with E-state index < -0.39 is 0 Å². The van der Waals surface area contributed by atoms with E-state index in [2.05, 4.69) is 36.8 Å². The summed E-state index contributed by atoms with van der Waals surface area (Å²) in [4.78, 5) is 6.52. The lowest BCUT2D eigenvalue weighted by molar-refractivity contribution is 0.410. The molecule has 0 bridgehead atoms. The van der Waals surface area contributed by atoms with Crippen LogP contribution in [0.15, 0.2) is 54.7 Å². The lowest BCUT2D eigenvalue weighted by atomic mass is 10.1. The molecule has 7 heteroatoms. The number of nitrogens with zero attached hydrogens (tertiary/aromatic N) is 4. The van der Waals surface area contributed by atoms with E-state index in [9.17, 15) is 0 Å². The van der Waals surface area contributed by atoms with Crippen LogP contribution in [-0.4, -0.2) is 42.9 Å². The Morgan fingerprint density at radius 2 is 1.81 bits per heavy atom. The van der Waals surface area contributed by atoms with Crippen LogP contribution in [0.5, 0.6) is 5.75 Å². The zero-order chi connectivity index (χ0) is 19.1. The maximum atomic E-state index is 5.37. The van der Waals surface area contributed by atoms with E-state index in [0.29, 0.717) is 18.3 Å². The van der Waals surface area contributed by atoms with Crippen LogP contribution in [0.25, 0.3) is 0 Å². The number of nitrogens with one attached hydrogen (secondary N) is 2. The van der Waals surface area contributed by atoms with E-state index in [1.165, 1.54) is 0 Å². The van der Waals surface area contributed by atoms with Gasteiger partial charge >= 0.3 is 0 Å². The highest BCUT2D eigenvalue weighted by molar-refractivity contribution is 5.60. The van der Waals surface area contributed by atoms with Crippen molar-refractivity contribution >= 4 is 23.1 Å². The lowest BCUT2D eigenvalue weighted by Crippen LogP contribution is -2.10. The molecule has 0 atom stereocenters. The zero-order valence-electron chi connectivity index (χ0n) is 15.8. The first-order valence-electron chi connectivity index (χ1n) is 8.75. The number of methoxy groups -OCH3 is 1. The lowest BCUT2D eigenvalue weighted by Gasteiger charge is -2.13. The molecule has 27 heavy (non-hydrogen) atoms. The van der Waals surface area contributed by atoms with Gasteiger partial charge in [-0.05, 0) is 42.3 Å². The maximum absolute atomic E-state index is 5.37. The quantitative estimate of drug-likeness (QED) is 0.635. The first kappa shape index (κ1) is 18.4. The fourth-order valence-electron chi connectivity index (χ4n) is 2.65. The second-order valence-corrected chi connectivity index (χ2v) is 6.22. The van der Waals surface area contributed by atoms with Crippen molar-refractivity contribution in [2.24, 2.45) is 0 Å². The van der Waals surface area contributed by atoms with Crippen molar-refractivity contribution in [3.8, 4) is 5.75 Å². The van der Waals surface area contributed by atoms with Crippen molar-refractivity contribution < 1.29 is 4.74 Å². The highest BCUT2D eigenvalue weighted by Crippen LogP contribution is 2.20. The Morgan fingerprint density at radius 3 is 2.56 bits per heavy atom. The molecule has 0 unspecified atom stereocenters. The molecule has 140 valence electrons. The number of benzene rings is 2. The number of hydrogen-bond donors (Lipinski definition) is 2. The van der Waals surface area contributed by atoms with E-state index in [-0.39, 0.29) is 0 Å². The molecule has 0 spiro atoms. The van der Waals surface area contributed by atoms with Crippen molar-refractivity contribution in [2.45, 2.75) is 6.42 Å². The predicted octanol–water partition coefficient (Wildman–Crippen LogP) is 3.34. The molecular formula is C20H24N6O. The zero-order valence-corrected chi connectivity index (χ0v) is 15.8. The Balaban J connectivity index is 1.58. The van der Waals surface area contributed by atoms with Crippen LogP contribution in [0.1, 0.15) is 5.56 Å². The molecule has 0 amide bonds. The van der Waals surface area contributed by atoms with E-state index >= 15 is 0 Å². The molecule has 0 saturated carbocycles. The van der Waals surface area contributed by atoms with Gasteiger partial charge in [-0.3, -0.25) is 0 Å². The normalized spacial score (nSPS) is 10.3. The Hall–Kier alpha value is -3.35. The fraction of sp³-hybridized carbons (Fsp3) is 0.250. The van der Waals surface area contributed by atoms with Crippen molar-refractivity contribution in [1.29, 1.82) is 0 Å². The standard InChI is InChI=1S/C20H24N6O/c1-26(2)17-10-8-16(9-11-17)23-19-14-22-25-20(24-19)21-13-12-15-6-4-5-7-18(15)27-3/h4-11,14H,12-13H2,1-3H3,(H2,21,23,24,25). The van der Waals surface area contributed by atoms with Crippen LogP contribution in [0.4, 0.5) is 23.1 Å². The Kier molecular flexibility index (Phi) is 6.04. The van der Waals surface area contributed by atoms with Gasteiger partial charge in [0.05, 0.1) is 13.3 Å². The highest BCUT2D eigenvalue weighted by atomic mass is 16.5. The van der Waals surface area contributed by atoms with E-state index in [1.807, 2.05) is 56.6 Å². The summed E-state index contributed by atoms with van der Waals surface area (Å²) < 4.78 is 5.37. The number of rotatable bonds is 8. The average Bonchev–Trinajstić information content (AvgIpc) is 2.69. The van der Waals surface area contributed by atoms with Crippen molar-refractivity contribution in [2.75, 3.05) is 43.3 Å². The van der Waals surface area contributed by atoms with Crippen LogP contribution in [0, 0.1) is 0 Å². The molecule has 3 rings (SSSR count). The van der Waals surface area contributed by atoms with Gasteiger partial charge in [0, 0.05) is 32.0 Å². The summed E-state index contributed by atoms with van der Waals surface area (Å²) >= 11 is 0. The minimum absolute atomic E-state index is 0.486.